The number of piperazine rings is 1. The van der Waals surface area contributed by atoms with Gasteiger partial charge in [-0.1, -0.05) is 43.6 Å². The molecule has 3 heteroatoms. The van der Waals surface area contributed by atoms with E-state index in [1.807, 2.05) is 12.1 Å². The molecule has 100 valence electrons. The second-order valence-electron chi connectivity index (χ2n) is 5.61. The zero-order chi connectivity index (χ0) is 13.0. The predicted octanol–water partition coefficient (Wildman–Crippen LogP) is 3.16. The molecule has 1 heterocycles. The van der Waals surface area contributed by atoms with Gasteiger partial charge in [0.1, 0.15) is 0 Å². The van der Waals surface area contributed by atoms with Crippen LogP contribution >= 0.6 is 11.6 Å². The topological polar surface area (TPSA) is 15.3 Å². The van der Waals surface area contributed by atoms with Crippen LogP contribution in [0.25, 0.3) is 0 Å². The molecule has 0 amide bonds. The summed E-state index contributed by atoms with van der Waals surface area (Å²) < 4.78 is 0. The number of nitrogens with one attached hydrogen (secondary N) is 1. The third-order valence-corrected chi connectivity index (χ3v) is 3.82. The van der Waals surface area contributed by atoms with Crippen LogP contribution in [0.3, 0.4) is 0 Å². The number of nitrogens with zero attached hydrogens (tertiary/aromatic N) is 1. The van der Waals surface area contributed by atoms with Gasteiger partial charge in [-0.25, -0.2) is 0 Å². The van der Waals surface area contributed by atoms with E-state index < -0.39 is 0 Å². The number of rotatable bonds is 4. The molecule has 0 radical (unpaired) electrons. The summed E-state index contributed by atoms with van der Waals surface area (Å²) in [7, 11) is 0. The molecule has 1 fully saturated rings. The molecular formula is C15H23ClN2. The largest absolute Gasteiger partial charge is 0.311 e. The lowest BCUT2D eigenvalue weighted by Gasteiger charge is -2.34. The lowest BCUT2D eigenvalue weighted by atomic mass is 10.0. The van der Waals surface area contributed by atoms with E-state index >= 15 is 0 Å². The van der Waals surface area contributed by atoms with Crippen LogP contribution in [0.1, 0.15) is 25.8 Å². The fourth-order valence-corrected chi connectivity index (χ4v) is 2.83. The Morgan fingerprint density at radius 3 is 2.89 bits per heavy atom. The van der Waals surface area contributed by atoms with Gasteiger partial charge in [0.05, 0.1) is 0 Å². The highest BCUT2D eigenvalue weighted by molar-refractivity contribution is 6.31. The van der Waals surface area contributed by atoms with E-state index in [1.165, 1.54) is 12.0 Å². The van der Waals surface area contributed by atoms with E-state index in [-0.39, 0.29) is 0 Å². The minimum atomic E-state index is 0.626. The third-order valence-electron chi connectivity index (χ3n) is 3.45. The predicted molar refractivity (Wildman–Crippen MR) is 78.0 cm³/mol. The van der Waals surface area contributed by atoms with Gasteiger partial charge in [-0.15, -0.1) is 0 Å². The van der Waals surface area contributed by atoms with Crippen LogP contribution in [0.15, 0.2) is 24.3 Å². The monoisotopic (exact) mass is 266 g/mol. The molecule has 2 rings (SSSR count). The lowest BCUT2D eigenvalue weighted by molar-refractivity contribution is 0.180. The molecule has 1 aliphatic heterocycles. The Bertz CT molecular complexity index is 379. The van der Waals surface area contributed by atoms with E-state index in [1.54, 1.807) is 0 Å². The SMILES string of the molecule is CC(C)CC1CN(Cc2ccccc2Cl)CCN1. The molecule has 0 saturated carbocycles. The Balaban J connectivity index is 1.91. The number of halogens is 1. The quantitative estimate of drug-likeness (QED) is 0.901. The molecule has 0 spiro atoms. The van der Waals surface area contributed by atoms with Crippen molar-refractivity contribution < 1.29 is 0 Å². The highest BCUT2D eigenvalue weighted by Crippen LogP contribution is 2.18. The zero-order valence-electron chi connectivity index (χ0n) is 11.3. The highest BCUT2D eigenvalue weighted by Gasteiger charge is 2.20. The minimum absolute atomic E-state index is 0.626. The van der Waals surface area contributed by atoms with Gasteiger partial charge < -0.3 is 5.32 Å². The van der Waals surface area contributed by atoms with Crippen molar-refractivity contribution in [2.45, 2.75) is 32.9 Å². The summed E-state index contributed by atoms with van der Waals surface area (Å²) in [6.07, 6.45) is 1.25. The van der Waals surface area contributed by atoms with Gasteiger partial charge in [0.2, 0.25) is 0 Å². The molecule has 0 bridgehead atoms. The molecule has 1 N–H and O–H groups in total. The van der Waals surface area contributed by atoms with Crippen LogP contribution in [-0.4, -0.2) is 30.6 Å². The van der Waals surface area contributed by atoms with Gasteiger partial charge in [0, 0.05) is 37.2 Å². The van der Waals surface area contributed by atoms with Gasteiger partial charge in [-0.3, -0.25) is 4.90 Å². The van der Waals surface area contributed by atoms with Gasteiger partial charge in [0.25, 0.3) is 0 Å². The molecule has 0 aliphatic carbocycles. The third kappa shape index (κ3) is 3.98. The Morgan fingerprint density at radius 1 is 1.39 bits per heavy atom. The normalized spacial score (nSPS) is 21.4. The van der Waals surface area contributed by atoms with E-state index in [2.05, 4.69) is 36.2 Å². The fraction of sp³-hybridized carbons (Fsp3) is 0.600. The highest BCUT2D eigenvalue weighted by atomic mass is 35.5. The van der Waals surface area contributed by atoms with Crippen molar-refractivity contribution in [3.63, 3.8) is 0 Å². The fourth-order valence-electron chi connectivity index (χ4n) is 2.63. The first-order valence-electron chi connectivity index (χ1n) is 6.84. The number of hydrogen-bond acceptors (Lipinski definition) is 2. The average molecular weight is 267 g/mol. The second-order valence-corrected chi connectivity index (χ2v) is 6.01. The Kier molecular flexibility index (Phi) is 5.04. The maximum atomic E-state index is 6.22. The molecule has 0 aromatic heterocycles. The van der Waals surface area contributed by atoms with Crippen molar-refractivity contribution in [3.8, 4) is 0 Å². The molecule has 2 nitrogen and oxygen atoms in total. The molecule has 1 aromatic carbocycles. The van der Waals surface area contributed by atoms with Gasteiger partial charge in [-0.2, -0.15) is 0 Å². The second kappa shape index (κ2) is 6.55. The Morgan fingerprint density at radius 2 is 2.17 bits per heavy atom. The first-order valence-corrected chi connectivity index (χ1v) is 7.22. The summed E-state index contributed by atoms with van der Waals surface area (Å²) in [5.41, 5.74) is 1.24. The minimum Gasteiger partial charge on any atom is -0.311 e. The van der Waals surface area contributed by atoms with Crippen molar-refractivity contribution >= 4 is 11.6 Å². The van der Waals surface area contributed by atoms with E-state index in [0.717, 1.165) is 37.1 Å². The van der Waals surface area contributed by atoms with Gasteiger partial charge >= 0.3 is 0 Å². The number of benzene rings is 1. The first kappa shape index (κ1) is 13.9. The van der Waals surface area contributed by atoms with Gasteiger partial charge in [0.15, 0.2) is 0 Å². The summed E-state index contributed by atoms with van der Waals surface area (Å²) in [5.74, 6) is 0.753. The van der Waals surface area contributed by atoms with Crippen LogP contribution < -0.4 is 5.32 Å². The summed E-state index contributed by atoms with van der Waals surface area (Å²) in [6, 6.07) is 8.79. The van der Waals surface area contributed by atoms with Crippen molar-refractivity contribution in [2.75, 3.05) is 19.6 Å². The Hall–Kier alpha value is -0.570. The van der Waals surface area contributed by atoms with Crippen LogP contribution in [-0.2, 0) is 6.54 Å². The zero-order valence-corrected chi connectivity index (χ0v) is 12.1. The molecule has 1 unspecified atom stereocenters. The molecule has 1 aliphatic rings. The molecular weight excluding hydrogens is 244 g/mol. The van der Waals surface area contributed by atoms with E-state index in [4.69, 9.17) is 11.6 Å². The molecule has 1 atom stereocenters. The van der Waals surface area contributed by atoms with Crippen molar-refractivity contribution in [1.29, 1.82) is 0 Å². The van der Waals surface area contributed by atoms with Crippen LogP contribution in [0.4, 0.5) is 0 Å². The average Bonchev–Trinajstić information content (AvgIpc) is 2.32. The maximum Gasteiger partial charge on any atom is 0.0451 e. The lowest BCUT2D eigenvalue weighted by Crippen LogP contribution is -2.50. The van der Waals surface area contributed by atoms with E-state index in [9.17, 15) is 0 Å². The van der Waals surface area contributed by atoms with Crippen molar-refractivity contribution in [3.05, 3.63) is 34.9 Å². The first-order chi connectivity index (χ1) is 8.65. The number of hydrogen-bond donors (Lipinski definition) is 1. The van der Waals surface area contributed by atoms with Crippen LogP contribution in [0, 0.1) is 5.92 Å². The molecule has 1 saturated heterocycles. The van der Waals surface area contributed by atoms with Crippen LogP contribution in [0.2, 0.25) is 5.02 Å². The standard InChI is InChI=1S/C15H23ClN2/c1-12(2)9-14-11-18(8-7-17-14)10-13-5-3-4-6-15(13)16/h3-6,12,14,17H,7-11H2,1-2H3. The van der Waals surface area contributed by atoms with Crippen molar-refractivity contribution in [2.24, 2.45) is 5.92 Å². The summed E-state index contributed by atoms with van der Waals surface area (Å²) in [5, 5.41) is 4.49. The summed E-state index contributed by atoms with van der Waals surface area (Å²) in [4.78, 5) is 2.50. The summed E-state index contributed by atoms with van der Waals surface area (Å²) >= 11 is 6.22. The molecule has 18 heavy (non-hydrogen) atoms. The van der Waals surface area contributed by atoms with Crippen LogP contribution in [0.5, 0.6) is 0 Å². The maximum absolute atomic E-state index is 6.22. The van der Waals surface area contributed by atoms with Crippen molar-refractivity contribution in [1.82, 2.24) is 10.2 Å². The van der Waals surface area contributed by atoms with Gasteiger partial charge in [-0.05, 0) is 24.0 Å². The Labute approximate surface area is 115 Å². The molecule has 1 aromatic rings. The smallest absolute Gasteiger partial charge is 0.0451 e. The summed E-state index contributed by atoms with van der Waals surface area (Å²) in [6.45, 7) is 8.87. The van der Waals surface area contributed by atoms with E-state index in [0.29, 0.717) is 6.04 Å².